The van der Waals surface area contributed by atoms with E-state index in [1.54, 1.807) is 0 Å². The summed E-state index contributed by atoms with van der Waals surface area (Å²) in [4.78, 5) is 0. The van der Waals surface area contributed by atoms with E-state index in [4.69, 9.17) is 0 Å². The van der Waals surface area contributed by atoms with Gasteiger partial charge in [0, 0.05) is 6.04 Å². The lowest BCUT2D eigenvalue weighted by Crippen LogP contribution is -2.29. The summed E-state index contributed by atoms with van der Waals surface area (Å²) in [5.41, 5.74) is 1.26. The predicted molar refractivity (Wildman–Crippen MR) is 51.8 cm³/mol. The second-order valence-corrected chi connectivity index (χ2v) is 3.10. The van der Waals surface area contributed by atoms with Gasteiger partial charge in [-0.1, -0.05) is 38.8 Å². The molecule has 0 aliphatic heterocycles. The highest BCUT2D eigenvalue weighted by Crippen LogP contribution is 2.07. The van der Waals surface area contributed by atoms with Gasteiger partial charge in [-0.05, 0) is 19.9 Å². The fraction of sp³-hybridized carbons (Fsp3) is 0.800. The number of hydrogen-bond acceptors (Lipinski definition) is 1. The Morgan fingerprint density at radius 3 is 2.45 bits per heavy atom. The monoisotopic (exact) mass is 155 g/mol. The molecule has 1 atom stereocenters. The molecule has 0 heterocycles. The van der Waals surface area contributed by atoms with Crippen LogP contribution in [0.5, 0.6) is 0 Å². The summed E-state index contributed by atoms with van der Waals surface area (Å²) in [6.07, 6.45) is 3.80. The Kier molecular flexibility index (Phi) is 6.24. The van der Waals surface area contributed by atoms with Gasteiger partial charge >= 0.3 is 0 Å². The maximum atomic E-state index is 3.96. The zero-order valence-electron chi connectivity index (χ0n) is 8.11. The molecule has 0 fully saturated rings. The van der Waals surface area contributed by atoms with Gasteiger partial charge in [0.15, 0.2) is 0 Å². The maximum Gasteiger partial charge on any atom is 0.0273 e. The van der Waals surface area contributed by atoms with Crippen LogP contribution in [0.25, 0.3) is 0 Å². The summed E-state index contributed by atoms with van der Waals surface area (Å²) < 4.78 is 0. The van der Waals surface area contributed by atoms with Crippen molar-refractivity contribution in [3.05, 3.63) is 12.2 Å². The molecule has 0 aromatic carbocycles. The van der Waals surface area contributed by atoms with Crippen LogP contribution in [0.2, 0.25) is 0 Å². The summed E-state index contributed by atoms with van der Waals surface area (Å²) in [6, 6.07) is 0.542. The second-order valence-electron chi connectivity index (χ2n) is 3.10. The van der Waals surface area contributed by atoms with E-state index in [-0.39, 0.29) is 0 Å². The molecule has 66 valence electrons. The molecule has 0 aromatic rings. The van der Waals surface area contributed by atoms with Crippen molar-refractivity contribution in [2.75, 3.05) is 6.54 Å². The van der Waals surface area contributed by atoms with E-state index < -0.39 is 0 Å². The van der Waals surface area contributed by atoms with Crippen LogP contribution < -0.4 is 5.32 Å². The fourth-order valence-corrected chi connectivity index (χ4v) is 1.18. The zero-order chi connectivity index (χ0) is 8.69. The van der Waals surface area contributed by atoms with Gasteiger partial charge in [0.2, 0.25) is 0 Å². The van der Waals surface area contributed by atoms with Crippen LogP contribution in [-0.2, 0) is 0 Å². The van der Waals surface area contributed by atoms with Gasteiger partial charge in [-0.25, -0.2) is 0 Å². The number of hydrogen-bond donors (Lipinski definition) is 1. The number of likely N-dealkylation sites (N-methyl/N-ethyl adjacent to an activating group) is 1. The van der Waals surface area contributed by atoms with E-state index in [2.05, 4.69) is 32.7 Å². The van der Waals surface area contributed by atoms with Gasteiger partial charge in [-0.3, -0.25) is 0 Å². The van der Waals surface area contributed by atoms with Crippen LogP contribution in [0.4, 0.5) is 0 Å². The standard InChI is InChI=1S/C10H21N/c1-5-7-8-10(9(3)4)11-6-2/h10-11H,3,5-8H2,1-2,4H3. The second kappa shape index (κ2) is 6.41. The molecule has 0 aromatic heterocycles. The molecule has 1 unspecified atom stereocenters. The predicted octanol–water partition coefficient (Wildman–Crippen LogP) is 2.73. The third kappa shape index (κ3) is 5.02. The van der Waals surface area contributed by atoms with E-state index in [9.17, 15) is 0 Å². The molecule has 0 radical (unpaired) electrons. The first kappa shape index (κ1) is 10.7. The van der Waals surface area contributed by atoms with Crippen LogP contribution in [-0.4, -0.2) is 12.6 Å². The molecule has 1 heteroatoms. The first-order valence-corrected chi connectivity index (χ1v) is 4.61. The summed E-state index contributed by atoms with van der Waals surface area (Å²) >= 11 is 0. The fourth-order valence-electron chi connectivity index (χ4n) is 1.18. The lowest BCUT2D eigenvalue weighted by atomic mass is 10.0. The Hall–Kier alpha value is -0.300. The molecule has 0 saturated carbocycles. The molecule has 0 aliphatic carbocycles. The number of nitrogens with one attached hydrogen (secondary N) is 1. The van der Waals surface area contributed by atoms with Gasteiger partial charge in [-0.15, -0.1) is 0 Å². The van der Waals surface area contributed by atoms with Crippen LogP contribution in [0, 0.1) is 0 Å². The largest absolute Gasteiger partial charge is 0.311 e. The Balaban J connectivity index is 3.60. The third-order valence-electron chi connectivity index (χ3n) is 1.89. The Bertz CT molecular complexity index is 107. The summed E-state index contributed by atoms with van der Waals surface area (Å²) in [5, 5.41) is 3.42. The zero-order valence-corrected chi connectivity index (χ0v) is 8.11. The smallest absolute Gasteiger partial charge is 0.0273 e. The molecule has 0 spiro atoms. The van der Waals surface area contributed by atoms with Crippen molar-refractivity contribution in [1.82, 2.24) is 5.32 Å². The minimum Gasteiger partial charge on any atom is -0.311 e. The number of unbranched alkanes of at least 4 members (excludes halogenated alkanes) is 1. The molecule has 0 amide bonds. The normalized spacial score (nSPS) is 13.0. The van der Waals surface area contributed by atoms with Gasteiger partial charge < -0.3 is 5.32 Å². The van der Waals surface area contributed by atoms with E-state index in [0.717, 1.165) is 6.54 Å². The van der Waals surface area contributed by atoms with Crippen LogP contribution in [0.1, 0.15) is 40.0 Å². The van der Waals surface area contributed by atoms with Crippen molar-refractivity contribution < 1.29 is 0 Å². The van der Waals surface area contributed by atoms with Gasteiger partial charge in [0.1, 0.15) is 0 Å². The molecule has 0 bridgehead atoms. The molecule has 0 aliphatic rings. The molecule has 11 heavy (non-hydrogen) atoms. The van der Waals surface area contributed by atoms with Crippen molar-refractivity contribution in [2.45, 2.75) is 46.1 Å². The van der Waals surface area contributed by atoms with E-state index in [1.165, 1.54) is 24.8 Å². The van der Waals surface area contributed by atoms with Crippen LogP contribution in [0.3, 0.4) is 0 Å². The lowest BCUT2D eigenvalue weighted by Gasteiger charge is -2.17. The highest BCUT2D eigenvalue weighted by molar-refractivity contribution is 5.00. The third-order valence-corrected chi connectivity index (χ3v) is 1.89. The van der Waals surface area contributed by atoms with Crippen molar-refractivity contribution in [2.24, 2.45) is 0 Å². The molecular weight excluding hydrogens is 134 g/mol. The minimum absolute atomic E-state index is 0.542. The van der Waals surface area contributed by atoms with E-state index in [0.29, 0.717) is 6.04 Å². The first-order chi connectivity index (χ1) is 5.22. The van der Waals surface area contributed by atoms with Crippen molar-refractivity contribution >= 4 is 0 Å². The lowest BCUT2D eigenvalue weighted by molar-refractivity contribution is 0.529. The van der Waals surface area contributed by atoms with Crippen molar-refractivity contribution in [1.29, 1.82) is 0 Å². The Morgan fingerprint density at radius 1 is 1.45 bits per heavy atom. The maximum absolute atomic E-state index is 3.96. The Labute approximate surface area is 70.9 Å². The molecule has 0 rings (SSSR count). The van der Waals surface area contributed by atoms with E-state index in [1.807, 2.05) is 0 Å². The summed E-state index contributed by atoms with van der Waals surface area (Å²) in [6.45, 7) is 11.5. The average Bonchev–Trinajstić information content (AvgIpc) is 1.97. The molecule has 1 N–H and O–H groups in total. The van der Waals surface area contributed by atoms with Crippen LogP contribution in [0.15, 0.2) is 12.2 Å². The molecular formula is C10H21N. The average molecular weight is 155 g/mol. The summed E-state index contributed by atoms with van der Waals surface area (Å²) in [5.74, 6) is 0. The highest BCUT2D eigenvalue weighted by Gasteiger charge is 2.05. The van der Waals surface area contributed by atoms with E-state index >= 15 is 0 Å². The highest BCUT2D eigenvalue weighted by atomic mass is 14.9. The number of rotatable bonds is 6. The first-order valence-electron chi connectivity index (χ1n) is 4.61. The van der Waals surface area contributed by atoms with Crippen LogP contribution >= 0.6 is 0 Å². The Morgan fingerprint density at radius 2 is 2.09 bits per heavy atom. The summed E-state index contributed by atoms with van der Waals surface area (Å²) in [7, 11) is 0. The topological polar surface area (TPSA) is 12.0 Å². The minimum atomic E-state index is 0.542. The molecule has 0 saturated heterocycles. The van der Waals surface area contributed by atoms with Crippen molar-refractivity contribution in [3.63, 3.8) is 0 Å². The van der Waals surface area contributed by atoms with Gasteiger partial charge in [0.05, 0.1) is 0 Å². The quantitative estimate of drug-likeness (QED) is 0.582. The van der Waals surface area contributed by atoms with Crippen molar-refractivity contribution in [3.8, 4) is 0 Å². The van der Waals surface area contributed by atoms with Gasteiger partial charge in [-0.2, -0.15) is 0 Å². The molecule has 1 nitrogen and oxygen atoms in total. The van der Waals surface area contributed by atoms with Gasteiger partial charge in [0.25, 0.3) is 0 Å². The SMILES string of the molecule is C=C(C)C(CCCC)NCC.